The number of thiophene rings is 1. The Balaban J connectivity index is 1.96. The summed E-state index contributed by atoms with van der Waals surface area (Å²) < 4.78 is 25.9. The largest absolute Gasteiger partial charge is 0.491 e. The van der Waals surface area contributed by atoms with Crippen LogP contribution in [0.2, 0.25) is 0 Å². The minimum absolute atomic E-state index is 0.164. The highest BCUT2D eigenvalue weighted by molar-refractivity contribution is 7.21. The highest BCUT2D eigenvalue weighted by Crippen LogP contribution is 2.35. The lowest BCUT2D eigenvalue weighted by Gasteiger charge is -2.12. The Labute approximate surface area is 155 Å². The SMILES string of the molecule is CCCOc1ccccc1NC(=O)c1sc2cccc(F)c2c1COC. The maximum Gasteiger partial charge on any atom is 0.266 e. The lowest BCUT2D eigenvalue weighted by molar-refractivity contribution is 0.102. The van der Waals surface area contributed by atoms with Gasteiger partial charge >= 0.3 is 0 Å². The lowest BCUT2D eigenvalue weighted by Crippen LogP contribution is -2.13. The quantitative estimate of drug-likeness (QED) is 0.617. The van der Waals surface area contributed by atoms with Crippen LogP contribution in [0.15, 0.2) is 42.5 Å². The van der Waals surface area contributed by atoms with E-state index in [-0.39, 0.29) is 18.3 Å². The molecule has 1 N–H and O–H groups in total. The van der Waals surface area contributed by atoms with Gasteiger partial charge in [-0.2, -0.15) is 0 Å². The third-order valence-corrected chi connectivity index (χ3v) is 5.05. The zero-order chi connectivity index (χ0) is 18.5. The number of para-hydroxylation sites is 2. The molecule has 0 aliphatic rings. The summed E-state index contributed by atoms with van der Waals surface area (Å²) in [5.74, 6) is -0.0370. The van der Waals surface area contributed by atoms with Crippen molar-refractivity contribution in [2.75, 3.05) is 19.0 Å². The van der Waals surface area contributed by atoms with E-state index in [1.165, 1.54) is 24.5 Å². The van der Waals surface area contributed by atoms with Gasteiger partial charge in [0.1, 0.15) is 11.6 Å². The Morgan fingerprint density at radius 3 is 2.77 bits per heavy atom. The number of methoxy groups -OCH3 is 1. The number of halogens is 1. The highest BCUT2D eigenvalue weighted by atomic mass is 32.1. The van der Waals surface area contributed by atoms with Crippen LogP contribution >= 0.6 is 11.3 Å². The average molecular weight is 373 g/mol. The molecule has 26 heavy (non-hydrogen) atoms. The molecule has 1 aromatic heterocycles. The van der Waals surface area contributed by atoms with Crippen LogP contribution in [0, 0.1) is 5.82 Å². The van der Waals surface area contributed by atoms with Crippen molar-refractivity contribution in [3.8, 4) is 5.75 Å². The van der Waals surface area contributed by atoms with Gasteiger partial charge in [-0.1, -0.05) is 25.1 Å². The molecule has 6 heteroatoms. The molecule has 0 atom stereocenters. The number of ether oxygens (including phenoxy) is 2. The zero-order valence-electron chi connectivity index (χ0n) is 14.7. The number of hydrogen-bond acceptors (Lipinski definition) is 4. The smallest absolute Gasteiger partial charge is 0.266 e. The van der Waals surface area contributed by atoms with Gasteiger partial charge < -0.3 is 14.8 Å². The Bertz CT molecular complexity index is 923. The van der Waals surface area contributed by atoms with Gasteiger partial charge in [0.15, 0.2) is 0 Å². The van der Waals surface area contributed by atoms with Gasteiger partial charge in [0.25, 0.3) is 5.91 Å². The fraction of sp³-hybridized carbons (Fsp3) is 0.250. The topological polar surface area (TPSA) is 47.6 Å². The molecule has 0 fully saturated rings. The van der Waals surface area contributed by atoms with Gasteiger partial charge in [0.2, 0.25) is 0 Å². The van der Waals surface area contributed by atoms with Crippen LogP contribution in [0.3, 0.4) is 0 Å². The molecule has 0 spiro atoms. The second-order valence-electron chi connectivity index (χ2n) is 5.75. The molecule has 0 aliphatic carbocycles. The van der Waals surface area contributed by atoms with Gasteiger partial charge in [-0.05, 0) is 30.7 Å². The van der Waals surface area contributed by atoms with Crippen molar-refractivity contribution in [2.45, 2.75) is 20.0 Å². The van der Waals surface area contributed by atoms with Gasteiger partial charge in [-0.15, -0.1) is 11.3 Å². The van der Waals surface area contributed by atoms with Crippen LogP contribution in [0.5, 0.6) is 5.75 Å². The van der Waals surface area contributed by atoms with Crippen LogP contribution in [0.4, 0.5) is 10.1 Å². The number of carbonyl (C=O) groups is 1. The number of rotatable bonds is 7. The number of carbonyl (C=O) groups excluding carboxylic acids is 1. The molecule has 4 nitrogen and oxygen atoms in total. The molecule has 2 aromatic carbocycles. The molecule has 3 aromatic rings. The maximum absolute atomic E-state index is 14.3. The normalized spacial score (nSPS) is 10.9. The first kappa shape index (κ1) is 18.4. The molecular weight excluding hydrogens is 353 g/mol. The number of fused-ring (bicyclic) bond motifs is 1. The molecule has 1 amide bonds. The second kappa shape index (κ2) is 8.29. The summed E-state index contributed by atoms with van der Waals surface area (Å²) in [7, 11) is 1.53. The predicted octanol–water partition coefficient (Wildman–Crippen LogP) is 5.23. The maximum atomic E-state index is 14.3. The first-order valence-electron chi connectivity index (χ1n) is 8.37. The van der Waals surface area contributed by atoms with E-state index in [0.29, 0.717) is 33.9 Å². The fourth-order valence-corrected chi connectivity index (χ4v) is 3.84. The number of benzene rings is 2. The molecule has 3 rings (SSSR count). The molecule has 0 saturated heterocycles. The third-order valence-electron chi connectivity index (χ3n) is 3.86. The number of nitrogens with one attached hydrogen (secondary N) is 1. The summed E-state index contributed by atoms with van der Waals surface area (Å²) >= 11 is 1.26. The van der Waals surface area contributed by atoms with E-state index in [1.54, 1.807) is 18.2 Å². The predicted molar refractivity (Wildman–Crippen MR) is 103 cm³/mol. The van der Waals surface area contributed by atoms with Crippen molar-refractivity contribution >= 4 is 33.0 Å². The molecule has 0 saturated carbocycles. The van der Waals surface area contributed by atoms with Crippen molar-refractivity contribution in [3.63, 3.8) is 0 Å². The second-order valence-corrected chi connectivity index (χ2v) is 6.81. The van der Waals surface area contributed by atoms with E-state index < -0.39 is 0 Å². The minimum Gasteiger partial charge on any atom is -0.491 e. The fourth-order valence-electron chi connectivity index (χ4n) is 2.72. The summed E-state index contributed by atoms with van der Waals surface area (Å²) in [6.07, 6.45) is 0.871. The van der Waals surface area contributed by atoms with Crippen molar-refractivity contribution in [2.24, 2.45) is 0 Å². The van der Waals surface area contributed by atoms with Gasteiger partial charge in [0, 0.05) is 22.8 Å². The van der Waals surface area contributed by atoms with Gasteiger partial charge in [-0.3, -0.25) is 4.79 Å². The highest BCUT2D eigenvalue weighted by Gasteiger charge is 2.21. The van der Waals surface area contributed by atoms with Gasteiger partial charge in [-0.25, -0.2) is 4.39 Å². The molecule has 0 aliphatic heterocycles. The van der Waals surface area contributed by atoms with E-state index >= 15 is 0 Å². The van der Waals surface area contributed by atoms with Crippen LogP contribution in [0.1, 0.15) is 28.6 Å². The van der Waals surface area contributed by atoms with Crippen LogP contribution in [0.25, 0.3) is 10.1 Å². The number of amides is 1. The van der Waals surface area contributed by atoms with E-state index in [9.17, 15) is 9.18 Å². The molecule has 1 heterocycles. The monoisotopic (exact) mass is 373 g/mol. The van der Waals surface area contributed by atoms with Crippen molar-refractivity contribution in [1.82, 2.24) is 0 Å². The molecule has 0 unspecified atom stereocenters. The van der Waals surface area contributed by atoms with E-state index in [0.717, 1.165) is 11.1 Å². The first-order valence-corrected chi connectivity index (χ1v) is 9.19. The Kier molecular flexibility index (Phi) is 5.85. The minimum atomic E-state index is -0.350. The summed E-state index contributed by atoms with van der Waals surface area (Å²) in [5.41, 5.74) is 1.15. The van der Waals surface area contributed by atoms with Crippen molar-refractivity contribution < 1.29 is 18.7 Å². The van der Waals surface area contributed by atoms with Crippen molar-refractivity contribution in [1.29, 1.82) is 0 Å². The van der Waals surface area contributed by atoms with E-state index in [1.807, 2.05) is 25.1 Å². The standard InChI is InChI=1S/C20H20FNO3S/c1-3-11-25-16-9-5-4-8-15(16)22-20(23)19-13(12-24-2)18-14(21)7-6-10-17(18)26-19/h4-10H,3,11-12H2,1-2H3,(H,22,23). The lowest BCUT2D eigenvalue weighted by atomic mass is 10.1. The first-order chi connectivity index (χ1) is 12.7. The Morgan fingerprint density at radius 2 is 2.00 bits per heavy atom. The summed E-state index contributed by atoms with van der Waals surface area (Å²) in [4.78, 5) is 13.3. The van der Waals surface area contributed by atoms with Gasteiger partial charge in [0.05, 0.1) is 23.8 Å². The summed E-state index contributed by atoms with van der Waals surface area (Å²) in [6, 6.07) is 12.1. The average Bonchev–Trinajstić information content (AvgIpc) is 3.01. The molecule has 0 bridgehead atoms. The molecule has 0 radical (unpaired) electrons. The van der Waals surface area contributed by atoms with Crippen LogP contribution < -0.4 is 10.1 Å². The van der Waals surface area contributed by atoms with Crippen LogP contribution in [-0.4, -0.2) is 19.6 Å². The van der Waals surface area contributed by atoms with E-state index in [4.69, 9.17) is 9.47 Å². The number of anilines is 1. The summed E-state index contributed by atoms with van der Waals surface area (Å²) in [5, 5.41) is 3.33. The molecule has 136 valence electrons. The van der Waals surface area contributed by atoms with Crippen LogP contribution in [-0.2, 0) is 11.3 Å². The number of hydrogen-bond donors (Lipinski definition) is 1. The van der Waals surface area contributed by atoms with E-state index in [2.05, 4.69) is 5.32 Å². The molecular formula is C20H20FNO3S. The van der Waals surface area contributed by atoms with Crippen molar-refractivity contribution in [3.05, 3.63) is 58.7 Å². The zero-order valence-corrected chi connectivity index (χ0v) is 15.5. The Hall–Kier alpha value is -2.44. The Morgan fingerprint density at radius 1 is 1.19 bits per heavy atom. The third kappa shape index (κ3) is 3.71. The summed E-state index contributed by atoms with van der Waals surface area (Å²) in [6.45, 7) is 2.75.